The minimum Gasteiger partial charge on any atom is -0.357 e. The molecule has 0 spiro atoms. The second-order valence-corrected chi connectivity index (χ2v) is 7.53. The molecule has 1 amide bonds. The van der Waals surface area contributed by atoms with E-state index in [1.165, 1.54) is 0 Å². The number of carbonyl (C=O) groups excluding carboxylic acids is 1. The molecule has 0 saturated carbocycles. The van der Waals surface area contributed by atoms with Gasteiger partial charge in [0, 0.05) is 38.0 Å². The Bertz CT molecular complexity index is 647. The van der Waals surface area contributed by atoms with Crippen LogP contribution in [0.1, 0.15) is 43.8 Å². The lowest BCUT2D eigenvalue weighted by atomic mass is 10.00. The number of hydrogen-bond acceptors (Lipinski definition) is 4. The molecule has 1 fully saturated rings. The molecule has 1 aromatic heterocycles. The third-order valence-electron chi connectivity index (χ3n) is 4.20. The number of alkyl halides is 3. The Balaban J connectivity index is 1.82. The fourth-order valence-corrected chi connectivity index (χ4v) is 3.59. The van der Waals surface area contributed by atoms with E-state index in [0.717, 1.165) is 42.6 Å². The molecule has 0 bridgehead atoms. The predicted octanol–water partition coefficient (Wildman–Crippen LogP) is 2.87. The molecule has 1 aliphatic rings. The quantitative estimate of drug-likeness (QED) is 0.564. The van der Waals surface area contributed by atoms with Crippen LogP contribution >= 0.6 is 11.3 Å². The Labute approximate surface area is 161 Å². The molecular formula is C17H26F3N5OS. The van der Waals surface area contributed by atoms with E-state index in [9.17, 15) is 18.0 Å². The summed E-state index contributed by atoms with van der Waals surface area (Å²) in [6, 6.07) is 0. The molecule has 1 aromatic rings. The van der Waals surface area contributed by atoms with Crippen molar-refractivity contribution in [2.24, 2.45) is 10.9 Å². The number of carbonyl (C=O) groups is 1. The number of aliphatic imine (C=N–C) groups is 1. The van der Waals surface area contributed by atoms with Gasteiger partial charge in [-0.15, -0.1) is 11.3 Å². The van der Waals surface area contributed by atoms with E-state index in [1.807, 2.05) is 11.8 Å². The Kier molecular flexibility index (Phi) is 7.88. The monoisotopic (exact) mass is 405 g/mol. The van der Waals surface area contributed by atoms with Crippen molar-refractivity contribution in [3.8, 4) is 0 Å². The first-order chi connectivity index (χ1) is 12.8. The van der Waals surface area contributed by atoms with Gasteiger partial charge in [0.15, 0.2) is 11.7 Å². The molecule has 10 heteroatoms. The smallest absolute Gasteiger partial charge is 0.357 e. The predicted molar refractivity (Wildman–Crippen MR) is 99.5 cm³/mol. The average molecular weight is 405 g/mol. The van der Waals surface area contributed by atoms with Crippen molar-refractivity contribution in [3.05, 3.63) is 16.1 Å². The third kappa shape index (κ3) is 7.00. The van der Waals surface area contributed by atoms with Crippen molar-refractivity contribution in [2.45, 2.75) is 45.8 Å². The number of likely N-dealkylation sites (tertiary alicyclic amines) is 1. The van der Waals surface area contributed by atoms with Crippen LogP contribution in [-0.4, -0.2) is 47.9 Å². The maximum absolute atomic E-state index is 12.6. The standard InChI is InChI=1S/C17H26F3N5OS/c1-3-21-16(23-9-14-24-13(11-27-14)17(18,19)20)22-7-6-15(26)25-8-4-5-12(2)10-25/h11-12H,3-10H2,1-2H3,(H2,21,22,23). The van der Waals surface area contributed by atoms with Gasteiger partial charge in [-0.3, -0.25) is 4.79 Å². The van der Waals surface area contributed by atoms with Gasteiger partial charge in [0.25, 0.3) is 0 Å². The molecule has 1 atom stereocenters. The minimum absolute atomic E-state index is 0.0493. The molecule has 152 valence electrons. The SMILES string of the molecule is CCNC(=NCc1nc(C(F)(F)F)cs1)NCCC(=O)N1CCCC(C)C1. The maximum Gasteiger partial charge on any atom is 0.434 e. The Morgan fingerprint density at radius 1 is 1.44 bits per heavy atom. The van der Waals surface area contributed by atoms with Crippen molar-refractivity contribution >= 4 is 23.2 Å². The van der Waals surface area contributed by atoms with E-state index in [-0.39, 0.29) is 17.5 Å². The summed E-state index contributed by atoms with van der Waals surface area (Å²) in [6.07, 6.45) is -1.88. The second-order valence-electron chi connectivity index (χ2n) is 6.58. The number of aromatic nitrogens is 1. The Morgan fingerprint density at radius 3 is 2.85 bits per heavy atom. The number of thiazole rings is 1. The summed E-state index contributed by atoms with van der Waals surface area (Å²) in [4.78, 5) is 22.0. The summed E-state index contributed by atoms with van der Waals surface area (Å²) >= 11 is 0.930. The van der Waals surface area contributed by atoms with E-state index >= 15 is 0 Å². The van der Waals surface area contributed by atoms with Crippen molar-refractivity contribution in [3.63, 3.8) is 0 Å². The molecule has 2 heterocycles. The van der Waals surface area contributed by atoms with Crippen LogP contribution in [0.3, 0.4) is 0 Å². The summed E-state index contributed by atoms with van der Waals surface area (Å²) in [6.45, 7) is 6.73. The van der Waals surface area contributed by atoms with Crippen molar-refractivity contribution in [2.75, 3.05) is 26.2 Å². The zero-order valence-corrected chi connectivity index (χ0v) is 16.4. The first-order valence-corrected chi connectivity index (χ1v) is 9.99. The normalized spacial score (nSPS) is 18.5. The number of rotatable bonds is 6. The maximum atomic E-state index is 12.6. The van der Waals surface area contributed by atoms with Crippen molar-refractivity contribution < 1.29 is 18.0 Å². The number of hydrogen-bond donors (Lipinski definition) is 2. The van der Waals surface area contributed by atoms with Gasteiger partial charge in [-0.2, -0.15) is 13.2 Å². The summed E-state index contributed by atoms with van der Waals surface area (Å²) in [5, 5.41) is 7.35. The largest absolute Gasteiger partial charge is 0.434 e. The van der Waals surface area contributed by atoms with Gasteiger partial charge in [-0.25, -0.2) is 9.98 Å². The zero-order chi connectivity index (χ0) is 19.9. The third-order valence-corrected chi connectivity index (χ3v) is 5.03. The Morgan fingerprint density at radius 2 is 2.22 bits per heavy atom. The lowest BCUT2D eigenvalue weighted by molar-refractivity contribution is -0.140. The zero-order valence-electron chi connectivity index (χ0n) is 15.6. The molecule has 1 aliphatic heterocycles. The van der Waals surface area contributed by atoms with E-state index in [4.69, 9.17) is 0 Å². The van der Waals surface area contributed by atoms with Crippen LogP contribution in [0.25, 0.3) is 0 Å². The van der Waals surface area contributed by atoms with Crippen LogP contribution in [0.5, 0.6) is 0 Å². The second kappa shape index (κ2) is 9.91. The van der Waals surface area contributed by atoms with E-state index in [2.05, 4.69) is 27.5 Å². The number of nitrogens with one attached hydrogen (secondary N) is 2. The van der Waals surface area contributed by atoms with Gasteiger partial charge in [-0.1, -0.05) is 6.92 Å². The number of nitrogens with zero attached hydrogens (tertiary/aromatic N) is 3. The highest BCUT2D eigenvalue weighted by Crippen LogP contribution is 2.30. The summed E-state index contributed by atoms with van der Waals surface area (Å²) < 4.78 is 37.8. The number of piperidine rings is 1. The van der Waals surface area contributed by atoms with Crippen LogP contribution in [0, 0.1) is 5.92 Å². The molecule has 0 aromatic carbocycles. The van der Waals surface area contributed by atoms with Crippen LogP contribution in [0.4, 0.5) is 13.2 Å². The molecule has 1 saturated heterocycles. The van der Waals surface area contributed by atoms with Crippen LogP contribution in [0.2, 0.25) is 0 Å². The van der Waals surface area contributed by atoms with E-state index in [1.54, 1.807) is 0 Å². The molecule has 6 nitrogen and oxygen atoms in total. The van der Waals surface area contributed by atoms with Gasteiger partial charge in [0.1, 0.15) is 5.01 Å². The lowest BCUT2D eigenvalue weighted by Gasteiger charge is -2.31. The highest BCUT2D eigenvalue weighted by atomic mass is 32.1. The van der Waals surface area contributed by atoms with Crippen molar-refractivity contribution in [1.82, 2.24) is 20.5 Å². The lowest BCUT2D eigenvalue weighted by Crippen LogP contribution is -2.42. The topological polar surface area (TPSA) is 69.6 Å². The first-order valence-electron chi connectivity index (χ1n) is 9.11. The van der Waals surface area contributed by atoms with E-state index < -0.39 is 11.9 Å². The molecule has 2 N–H and O–H groups in total. The molecule has 0 aliphatic carbocycles. The Hall–Kier alpha value is -1.84. The molecule has 0 radical (unpaired) electrons. The van der Waals surface area contributed by atoms with Crippen LogP contribution < -0.4 is 10.6 Å². The van der Waals surface area contributed by atoms with Gasteiger partial charge < -0.3 is 15.5 Å². The fraction of sp³-hybridized carbons (Fsp3) is 0.706. The van der Waals surface area contributed by atoms with Crippen LogP contribution in [-0.2, 0) is 17.5 Å². The minimum atomic E-state index is -4.44. The number of guanidine groups is 1. The highest BCUT2D eigenvalue weighted by molar-refractivity contribution is 7.09. The fourth-order valence-electron chi connectivity index (χ4n) is 2.86. The highest BCUT2D eigenvalue weighted by Gasteiger charge is 2.33. The molecular weight excluding hydrogens is 379 g/mol. The summed E-state index contributed by atoms with van der Waals surface area (Å²) in [7, 11) is 0. The summed E-state index contributed by atoms with van der Waals surface area (Å²) in [5.74, 6) is 1.11. The van der Waals surface area contributed by atoms with E-state index in [0.29, 0.717) is 31.4 Å². The molecule has 27 heavy (non-hydrogen) atoms. The number of amides is 1. The summed E-state index contributed by atoms with van der Waals surface area (Å²) in [5.41, 5.74) is -0.892. The molecule has 2 rings (SSSR count). The van der Waals surface area contributed by atoms with Gasteiger partial charge >= 0.3 is 6.18 Å². The van der Waals surface area contributed by atoms with Gasteiger partial charge in [0.05, 0.1) is 6.54 Å². The number of halogens is 3. The first kappa shape index (κ1) is 21.5. The van der Waals surface area contributed by atoms with Crippen molar-refractivity contribution in [1.29, 1.82) is 0 Å². The average Bonchev–Trinajstić information content (AvgIpc) is 3.09. The molecule has 1 unspecified atom stereocenters. The van der Waals surface area contributed by atoms with Gasteiger partial charge in [-0.05, 0) is 25.7 Å². The van der Waals surface area contributed by atoms with Crippen LogP contribution in [0.15, 0.2) is 10.4 Å². The van der Waals surface area contributed by atoms with Gasteiger partial charge in [0.2, 0.25) is 5.91 Å².